The van der Waals surface area contributed by atoms with Crippen LogP contribution < -0.4 is 15.4 Å². The Morgan fingerprint density at radius 1 is 1.24 bits per heavy atom. The van der Waals surface area contributed by atoms with E-state index in [1.165, 1.54) is 5.56 Å². The Morgan fingerprint density at radius 2 is 2.04 bits per heavy atom. The minimum atomic E-state index is 0.592. The lowest BCUT2D eigenvalue weighted by Gasteiger charge is -2.13. The molecule has 0 saturated carbocycles. The molecule has 134 valence electrons. The third kappa shape index (κ3) is 6.84. The topological polar surface area (TPSA) is 33.3 Å². The highest BCUT2D eigenvalue weighted by molar-refractivity contribution is 9.10. The number of nitrogens with one attached hydrogen (secondary N) is 2. The first-order valence-electron chi connectivity index (χ1n) is 8.30. The predicted octanol–water partition coefficient (Wildman–Crippen LogP) is 5.81. The number of ether oxygens (including phenoxy) is 1. The lowest BCUT2D eigenvalue weighted by atomic mass is 10.1. The van der Waals surface area contributed by atoms with Crippen LogP contribution in [-0.2, 0) is 6.42 Å². The first-order chi connectivity index (χ1) is 12.1. The molecule has 0 aromatic heterocycles. The highest BCUT2D eigenvalue weighted by Crippen LogP contribution is 2.25. The second-order valence-corrected chi connectivity index (χ2v) is 7.24. The van der Waals surface area contributed by atoms with E-state index in [2.05, 4.69) is 39.6 Å². The molecule has 0 atom stereocenters. The van der Waals surface area contributed by atoms with Crippen LogP contribution >= 0.6 is 39.7 Å². The molecule has 0 saturated heterocycles. The maximum atomic E-state index is 6.08. The van der Waals surface area contributed by atoms with Crippen LogP contribution in [0.15, 0.2) is 46.9 Å². The van der Waals surface area contributed by atoms with E-state index >= 15 is 0 Å². The summed E-state index contributed by atoms with van der Waals surface area (Å²) in [6.07, 6.45) is 2.92. The number of thiocarbonyl (C=S) groups is 1. The smallest absolute Gasteiger partial charge is 0.170 e. The molecule has 6 heteroatoms. The van der Waals surface area contributed by atoms with Crippen LogP contribution in [0.5, 0.6) is 5.75 Å². The third-order valence-corrected chi connectivity index (χ3v) is 5.00. The van der Waals surface area contributed by atoms with E-state index in [-0.39, 0.29) is 0 Å². The minimum absolute atomic E-state index is 0.592. The number of para-hydroxylation sites is 1. The van der Waals surface area contributed by atoms with Crippen molar-refractivity contribution < 1.29 is 4.74 Å². The summed E-state index contributed by atoms with van der Waals surface area (Å²) in [7, 11) is 0. The van der Waals surface area contributed by atoms with E-state index in [0.717, 1.165) is 48.3 Å². The van der Waals surface area contributed by atoms with Crippen molar-refractivity contribution in [1.29, 1.82) is 0 Å². The fraction of sp³-hybridized carbons (Fsp3) is 0.316. The molecule has 0 aliphatic heterocycles. The summed E-state index contributed by atoms with van der Waals surface area (Å²) in [5.41, 5.74) is 2.10. The Hall–Kier alpha value is -1.30. The number of halogens is 2. The highest BCUT2D eigenvalue weighted by Gasteiger charge is 2.04. The minimum Gasteiger partial charge on any atom is -0.493 e. The van der Waals surface area contributed by atoms with Crippen LogP contribution in [-0.4, -0.2) is 18.3 Å². The van der Waals surface area contributed by atoms with Crippen LogP contribution in [0.25, 0.3) is 0 Å². The molecule has 2 aromatic carbocycles. The zero-order chi connectivity index (χ0) is 18.1. The van der Waals surface area contributed by atoms with Gasteiger partial charge in [-0.25, -0.2) is 0 Å². The van der Waals surface area contributed by atoms with Gasteiger partial charge in [-0.05, 0) is 77.2 Å². The Balaban J connectivity index is 1.75. The summed E-state index contributed by atoms with van der Waals surface area (Å²) in [6.45, 7) is 3.65. The SMILES string of the molecule is CCCOc1ccccc1CCCNC(=S)Nc1ccc(Br)c(Cl)c1. The van der Waals surface area contributed by atoms with Crippen molar-refractivity contribution >= 4 is 50.5 Å². The van der Waals surface area contributed by atoms with Gasteiger partial charge in [-0.15, -0.1) is 0 Å². The van der Waals surface area contributed by atoms with E-state index in [0.29, 0.717) is 10.1 Å². The number of anilines is 1. The van der Waals surface area contributed by atoms with Crippen molar-refractivity contribution in [3.05, 3.63) is 57.5 Å². The van der Waals surface area contributed by atoms with Gasteiger partial charge in [-0.3, -0.25) is 0 Å². The van der Waals surface area contributed by atoms with Crippen molar-refractivity contribution in [2.45, 2.75) is 26.2 Å². The summed E-state index contributed by atoms with van der Waals surface area (Å²) in [6, 6.07) is 13.8. The van der Waals surface area contributed by atoms with Crippen LogP contribution in [0, 0.1) is 0 Å². The van der Waals surface area contributed by atoms with E-state index in [1.54, 1.807) is 0 Å². The van der Waals surface area contributed by atoms with Gasteiger partial charge in [0, 0.05) is 16.7 Å². The average molecular weight is 442 g/mol. The van der Waals surface area contributed by atoms with Crippen molar-refractivity contribution in [2.75, 3.05) is 18.5 Å². The van der Waals surface area contributed by atoms with Crippen molar-refractivity contribution in [3.63, 3.8) is 0 Å². The van der Waals surface area contributed by atoms with E-state index < -0.39 is 0 Å². The molecule has 0 unspecified atom stereocenters. The monoisotopic (exact) mass is 440 g/mol. The molecule has 0 bridgehead atoms. The molecular formula is C19H22BrClN2OS. The Morgan fingerprint density at radius 3 is 2.80 bits per heavy atom. The number of aryl methyl sites for hydroxylation is 1. The molecule has 0 aliphatic carbocycles. The quantitative estimate of drug-likeness (QED) is 0.400. The molecular weight excluding hydrogens is 420 g/mol. The second-order valence-electron chi connectivity index (χ2n) is 5.57. The fourth-order valence-corrected chi connectivity index (χ4v) is 2.94. The molecule has 0 heterocycles. The van der Waals surface area contributed by atoms with E-state index in [4.69, 9.17) is 28.6 Å². The van der Waals surface area contributed by atoms with Crippen molar-refractivity contribution in [1.82, 2.24) is 5.32 Å². The van der Waals surface area contributed by atoms with Gasteiger partial charge in [0.15, 0.2) is 5.11 Å². The summed E-state index contributed by atoms with van der Waals surface area (Å²) in [4.78, 5) is 0. The standard InChI is InChI=1S/C19H22BrClN2OS/c1-2-12-24-18-8-4-3-6-14(18)7-5-11-22-19(25)23-15-9-10-16(20)17(21)13-15/h3-4,6,8-10,13H,2,5,7,11-12H2,1H3,(H2,22,23,25). The first kappa shape index (κ1) is 20.0. The maximum absolute atomic E-state index is 6.08. The van der Waals surface area contributed by atoms with Crippen LogP contribution in [0.4, 0.5) is 5.69 Å². The summed E-state index contributed by atoms with van der Waals surface area (Å²) in [5.74, 6) is 0.981. The molecule has 3 nitrogen and oxygen atoms in total. The molecule has 2 rings (SSSR count). The summed E-state index contributed by atoms with van der Waals surface area (Å²) < 4.78 is 6.65. The fourth-order valence-electron chi connectivity index (χ4n) is 2.29. The number of hydrogen-bond donors (Lipinski definition) is 2. The molecule has 0 fully saturated rings. The molecule has 2 aromatic rings. The molecule has 0 spiro atoms. The molecule has 0 aliphatic rings. The zero-order valence-electron chi connectivity index (χ0n) is 14.1. The molecule has 2 N–H and O–H groups in total. The second kappa shape index (κ2) is 10.6. The van der Waals surface area contributed by atoms with Gasteiger partial charge >= 0.3 is 0 Å². The Kier molecular flexibility index (Phi) is 8.52. The third-order valence-electron chi connectivity index (χ3n) is 3.52. The van der Waals surface area contributed by atoms with Crippen molar-refractivity contribution in [2.24, 2.45) is 0 Å². The van der Waals surface area contributed by atoms with Crippen molar-refractivity contribution in [3.8, 4) is 5.75 Å². The number of benzene rings is 2. The number of rotatable bonds is 8. The Bertz CT molecular complexity index is 712. The molecule has 0 radical (unpaired) electrons. The van der Waals surface area contributed by atoms with Gasteiger partial charge in [0.2, 0.25) is 0 Å². The van der Waals surface area contributed by atoms with Crippen LogP contribution in [0.2, 0.25) is 5.02 Å². The number of hydrogen-bond acceptors (Lipinski definition) is 2. The van der Waals surface area contributed by atoms with Gasteiger partial charge in [-0.2, -0.15) is 0 Å². The van der Waals surface area contributed by atoms with Gasteiger partial charge in [-0.1, -0.05) is 36.7 Å². The zero-order valence-corrected chi connectivity index (χ0v) is 17.3. The van der Waals surface area contributed by atoms with Gasteiger partial charge < -0.3 is 15.4 Å². The largest absolute Gasteiger partial charge is 0.493 e. The summed E-state index contributed by atoms with van der Waals surface area (Å²) in [5, 5.41) is 7.60. The van der Waals surface area contributed by atoms with Gasteiger partial charge in [0.05, 0.1) is 11.6 Å². The van der Waals surface area contributed by atoms with Crippen LogP contribution in [0.1, 0.15) is 25.3 Å². The highest BCUT2D eigenvalue weighted by atomic mass is 79.9. The molecule has 25 heavy (non-hydrogen) atoms. The maximum Gasteiger partial charge on any atom is 0.170 e. The average Bonchev–Trinajstić information content (AvgIpc) is 2.61. The van der Waals surface area contributed by atoms with Gasteiger partial charge in [0.1, 0.15) is 5.75 Å². The predicted molar refractivity (Wildman–Crippen MR) is 114 cm³/mol. The normalized spacial score (nSPS) is 10.4. The lowest BCUT2D eigenvalue weighted by molar-refractivity contribution is 0.314. The van der Waals surface area contributed by atoms with Crippen LogP contribution in [0.3, 0.4) is 0 Å². The molecule has 0 amide bonds. The summed E-state index contributed by atoms with van der Waals surface area (Å²) >= 11 is 14.8. The van der Waals surface area contributed by atoms with E-state index in [9.17, 15) is 0 Å². The van der Waals surface area contributed by atoms with E-state index in [1.807, 2.05) is 36.4 Å². The Labute approximate surface area is 168 Å². The van der Waals surface area contributed by atoms with Gasteiger partial charge in [0.25, 0.3) is 0 Å². The lowest BCUT2D eigenvalue weighted by Crippen LogP contribution is -2.29. The first-order valence-corrected chi connectivity index (χ1v) is 9.88.